The molecule has 164 valence electrons. The lowest BCUT2D eigenvalue weighted by molar-refractivity contribution is -0.125. The van der Waals surface area contributed by atoms with Crippen LogP contribution in [0.15, 0.2) is 72.8 Å². The summed E-state index contributed by atoms with van der Waals surface area (Å²) in [5, 5.41) is 1.24. The average molecular weight is 470 g/mol. The van der Waals surface area contributed by atoms with Gasteiger partial charge in [-0.15, -0.1) is 0 Å². The van der Waals surface area contributed by atoms with Gasteiger partial charge in [-0.1, -0.05) is 47.5 Å². The maximum Gasteiger partial charge on any atom is 0.243 e. The van der Waals surface area contributed by atoms with Gasteiger partial charge >= 0.3 is 0 Å². The van der Waals surface area contributed by atoms with Crippen LogP contribution < -0.4 is 20.5 Å². The van der Waals surface area contributed by atoms with Crippen molar-refractivity contribution >= 4 is 46.4 Å². The van der Waals surface area contributed by atoms with Crippen LogP contribution in [0.2, 0.25) is 10.0 Å². The summed E-state index contributed by atoms with van der Waals surface area (Å²) < 4.78 is 5.81. The molecule has 1 fully saturated rings. The minimum absolute atomic E-state index is 0.0950. The Balaban J connectivity index is 1.31. The molecule has 6 nitrogen and oxygen atoms in total. The second-order valence-corrected chi connectivity index (χ2v) is 8.25. The van der Waals surface area contributed by atoms with E-state index in [9.17, 15) is 9.59 Å². The summed E-state index contributed by atoms with van der Waals surface area (Å²) in [5.41, 5.74) is 7.86. The molecule has 0 bridgehead atoms. The number of carbonyl (C=O) groups is 2. The summed E-state index contributed by atoms with van der Waals surface area (Å²) in [6.07, 6.45) is 0.150. The first-order chi connectivity index (χ1) is 15.5. The van der Waals surface area contributed by atoms with Gasteiger partial charge in [0.15, 0.2) is 0 Å². The SMILES string of the molecule is O=C(NNc1cccc(OCc2ccccc2Cl)c1)[C@@H]1CC(=O)N(c2ccc(Cl)cc2)C1. The van der Waals surface area contributed by atoms with Crippen LogP contribution in [0.5, 0.6) is 5.75 Å². The number of rotatable bonds is 7. The van der Waals surface area contributed by atoms with Crippen LogP contribution in [-0.4, -0.2) is 18.4 Å². The Morgan fingerprint density at radius 3 is 2.59 bits per heavy atom. The molecule has 4 rings (SSSR count). The topological polar surface area (TPSA) is 70.7 Å². The molecule has 0 spiro atoms. The van der Waals surface area contributed by atoms with E-state index in [0.29, 0.717) is 34.6 Å². The van der Waals surface area contributed by atoms with Crippen molar-refractivity contribution in [2.75, 3.05) is 16.9 Å². The Bertz CT molecular complexity index is 1120. The summed E-state index contributed by atoms with van der Waals surface area (Å²) in [4.78, 5) is 26.6. The molecule has 0 aromatic heterocycles. The number of nitrogens with zero attached hydrogens (tertiary/aromatic N) is 1. The highest BCUT2D eigenvalue weighted by Crippen LogP contribution is 2.26. The van der Waals surface area contributed by atoms with Gasteiger partial charge in [-0.3, -0.25) is 20.4 Å². The fourth-order valence-electron chi connectivity index (χ4n) is 3.43. The lowest BCUT2D eigenvalue weighted by Gasteiger charge is -2.17. The van der Waals surface area contributed by atoms with E-state index in [1.807, 2.05) is 42.5 Å². The Labute approximate surface area is 196 Å². The Morgan fingerprint density at radius 1 is 1.03 bits per heavy atom. The lowest BCUT2D eigenvalue weighted by atomic mass is 10.1. The van der Waals surface area contributed by atoms with Crippen LogP contribution in [0.1, 0.15) is 12.0 Å². The molecule has 2 amide bonds. The molecule has 1 saturated heterocycles. The van der Waals surface area contributed by atoms with Crippen molar-refractivity contribution in [1.82, 2.24) is 5.43 Å². The molecule has 32 heavy (non-hydrogen) atoms. The second kappa shape index (κ2) is 9.94. The highest BCUT2D eigenvalue weighted by atomic mass is 35.5. The molecule has 1 atom stereocenters. The number of hydrogen-bond acceptors (Lipinski definition) is 4. The number of nitrogens with one attached hydrogen (secondary N) is 2. The van der Waals surface area contributed by atoms with Crippen molar-refractivity contribution in [1.29, 1.82) is 0 Å². The molecule has 0 saturated carbocycles. The van der Waals surface area contributed by atoms with Crippen LogP contribution in [0.3, 0.4) is 0 Å². The van der Waals surface area contributed by atoms with Crippen molar-refractivity contribution in [3.8, 4) is 5.75 Å². The highest BCUT2D eigenvalue weighted by molar-refractivity contribution is 6.31. The molecule has 0 unspecified atom stereocenters. The van der Waals surface area contributed by atoms with Crippen molar-refractivity contribution in [3.05, 3.63) is 88.4 Å². The molecule has 1 aliphatic heterocycles. The van der Waals surface area contributed by atoms with Gasteiger partial charge in [-0.05, 0) is 42.5 Å². The van der Waals surface area contributed by atoms with E-state index >= 15 is 0 Å². The molecule has 3 aromatic rings. The predicted octanol–water partition coefficient (Wildman–Crippen LogP) is 5.07. The molecule has 1 aliphatic rings. The van der Waals surface area contributed by atoms with Crippen LogP contribution in [-0.2, 0) is 16.2 Å². The number of carbonyl (C=O) groups excluding carboxylic acids is 2. The number of hydrazine groups is 1. The summed E-state index contributed by atoms with van der Waals surface area (Å²) in [6.45, 7) is 0.648. The maximum absolute atomic E-state index is 12.6. The van der Waals surface area contributed by atoms with Gasteiger partial charge in [-0.2, -0.15) is 0 Å². The third-order valence-electron chi connectivity index (χ3n) is 5.15. The second-order valence-electron chi connectivity index (χ2n) is 7.40. The lowest BCUT2D eigenvalue weighted by Crippen LogP contribution is -2.36. The maximum atomic E-state index is 12.6. The number of hydrogen-bond donors (Lipinski definition) is 2. The fraction of sp³-hybridized carbons (Fsp3) is 0.167. The van der Waals surface area contributed by atoms with Crippen molar-refractivity contribution in [3.63, 3.8) is 0 Å². The van der Waals surface area contributed by atoms with E-state index in [0.717, 1.165) is 11.3 Å². The number of halogens is 2. The number of amides is 2. The van der Waals surface area contributed by atoms with Gasteiger partial charge in [0.05, 0.1) is 11.6 Å². The average Bonchev–Trinajstić information content (AvgIpc) is 3.19. The van der Waals surface area contributed by atoms with Gasteiger partial charge in [0.25, 0.3) is 0 Å². The Hall–Kier alpha value is -3.22. The molecule has 0 aliphatic carbocycles. The summed E-state index contributed by atoms with van der Waals surface area (Å²) in [6, 6.07) is 21.7. The van der Waals surface area contributed by atoms with E-state index in [2.05, 4.69) is 10.9 Å². The van der Waals surface area contributed by atoms with Crippen molar-refractivity contribution < 1.29 is 14.3 Å². The van der Waals surface area contributed by atoms with E-state index in [1.54, 1.807) is 35.2 Å². The monoisotopic (exact) mass is 469 g/mol. The summed E-state index contributed by atoms with van der Waals surface area (Å²) in [5.74, 6) is -0.167. The molecular formula is C24H21Cl2N3O3. The first-order valence-corrected chi connectivity index (χ1v) is 10.8. The summed E-state index contributed by atoms with van der Waals surface area (Å²) in [7, 11) is 0. The van der Waals surface area contributed by atoms with Crippen molar-refractivity contribution in [2.24, 2.45) is 5.92 Å². The highest BCUT2D eigenvalue weighted by Gasteiger charge is 2.35. The van der Waals surface area contributed by atoms with E-state index in [-0.39, 0.29) is 18.2 Å². The fourth-order valence-corrected chi connectivity index (χ4v) is 3.75. The van der Waals surface area contributed by atoms with Gasteiger partial charge in [-0.25, -0.2) is 0 Å². The van der Waals surface area contributed by atoms with Gasteiger partial charge < -0.3 is 9.64 Å². The number of benzene rings is 3. The van der Waals surface area contributed by atoms with E-state index < -0.39 is 5.92 Å². The molecular weight excluding hydrogens is 449 g/mol. The largest absolute Gasteiger partial charge is 0.489 e. The third-order valence-corrected chi connectivity index (χ3v) is 5.77. The molecule has 1 heterocycles. The van der Waals surface area contributed by atoms with Gasteiger partial charge in [0.2, 0.25) is 11.8 Å². The van der Waals surface area contributed by atoms with Gasteiger partial charge in [0, 0.05) is 40.3 Å². The van der Waals surface area contributed by atoms with E-state index in [4.69, 9.17) is 27.9 Å². The zero-order chi connectivity index (χ0) is 22.5. The normalized spacial score (nSPS) is 15.5. The quantitative estimate of drug-likeness (QED) is 0.474. The molecule has 0 radical (unpaired) electrons. The molecule has 2 N–H and O–H groups in total. The Kier molecular flexibility index (Phi) is 6.83. The first kappa shape index (κ1) is 22.0. The minimum atomic E-state index is -0.453. The zero-order valence-electron chi connectivity index (χ0n) is 17.1. The van der Waals surface area contributed by atoms with Gasteiger partial charge in [0.1, 0.15) is 12.4 Å². The minimum Gasteiger partial charge on any atom is -0.489 e. The van der Waals surface area contributed by atoms with Crippen LogP contribution in [0.25, 0.3) is 0 Å². The summed E-state index contributed by atoms with van der Waals surface area (Å²) >= 11 is 12.1. The van der Waals surface area contributed by atoms with E-state index in [1.165, 1.54) is 0 Å². The van der Waals surface area contributed by atoms with Crippen LogP contribution in [0, 0.1) is 5.92 Å². The predicted molar refractivity (Wildman–Crippen MR) is 126 cm³/mol. The third kappa shape index (κ3) is 5.33. The standard InChI is InChI=1S/C24H21Cl2N3O3/c25-18-8-10-20(11-9-18)29-14-17(12-23(29)30)24(31)28-27-19-5-3-6-21(13-19)32-15-16-4-1-2-7-22(16)26/h1-11,13,17,27H,12,14-15H2,(H,28,31)/t17-/m1/s1. The first-order valence-electron chi connectivity index (χ1n) is 10.1. The number of ether oxygens (including phenoxy) is 1. The smallest absolute Gasteiger partial charge is 0.243 e. The Morgan fingerprint density at radius 2 is 1.81 bits per heavy atom. The zero-order valence-corrected chi connectivity index (χ0v) is 18.6. The van der Waals surface area contributed by atoms with Crippen molar-refractivity contribution in [2.45, 2.75) is 13.0 Å². The molecule has 8 heteroatoms. The van der Waals surface area contributed by atoms with Crippen LogP contribution >= 0.6 is 23.2 Å². The molecule has 3 aromatic carbocycles. The van der Waals surface area contributed by atoms with Crippen LogP contribution in [0.4, 0.5) is 11.4 Å². The number of anilines is 2.